The number of carboxylic acids is 1. The van der Waals surface area contributed by atoms with Crippen LogP contribution in [0.1, 0.15) is 47.1 Å². The number of aliphatic carboxylic acids is 1. The van der Waals surface area contributed by atoms with Crippen molar-refractivity contribution < 1.29 is 23.1 Å². The Morgan fingerprint density at radius 3 is 1.89 bits per heavy atom. The van der Waals surface area contributed by atoms with Gasteiger partial charge in [-0.1, -0.05) is 0 Å². The lowest BCUT2D eigenvalue weighted by atomic mass is 9.95. The first-order valence-corrected chi connectivity index (χ1v) is 10.4. The van der Waals surface area contributed by atoms with Crippen LogP contribution in [-0.2, 0) is 19.6 Å². The first kappa shape index (κ1) is 23.1. The molecule has 0 spiro atoms. The highest BCUT2D eigenvalue weighted by Gasteiger charge is 2.23. The number of sulfonamides is 1. The number of carbonyl (C=O) groups is 2. The van der Waals surface area contributed by atoms with Crippen molar-refractivity contribution in [1.82, 2.24) is 9.62 Å². The van der Waals surface area contributed by atoms with E-state index in [1.54, 1.807) is 20.9 Å². The van der Waals surface area contributed by atoms with Gasteiger partial charge in [-0.25, -0.2) is 13.1 Å². The lowest BCUT2D eigenvalue weighted by Gasteiger charge is -2.20. The fourth-order valence-electron chi connectivity index (χ4n) is 3.02. The standard InChI is InChI=1S/C19H30N2O5S/c1-12-13(2)15(4)19(16(5)14(12)3)27(25,26)20-10-9-17(22)21(6)11-7-8-18(23)24/h20H,7-11H2,1-6H3,(H,23,24). The van der Waals surface area contributed by atoms with Crippen LogP contribution >= 0.6 is 0 Å². The van der Waals surface area contributed by atoms with Crippen molar-refractivity contribution in [2.45, 2.75) is 58.8 Å². The van der Waals surface area contributed by atoms with Gasteiger partial charge in [0.1, 0.15) is 0 Å². The van der Waals surface area contributed by atoms with E-state index in [-0.39, 0.29) is 30.2 Å². The molecular formula is C19H30N2O5S. The highest BCUT2D eigenvalue weighted by atomic mass is 32.2. The fourth-order valence-corrected chi connectivity index (χ4v) is 4.64. The fraction of sp³-hybridized carbons (Fsp3) is 0.579. The first-order valence-electron chi connectivity index (χ1n) is 8.92. The molecule has 0 aromatic heterocycles. The van der Waals surface area contributed by atoms with E-state index in [4.69, 9.17) is 5.11 Å². The van der Waals surface area contributed by atoms with Crippen molar-refractivity contribution >= 4 is 21.9 Å². The van der Waals surface area contributed by atoms with E-state index in [0.717, 1.165) is 27.8 Å². The van der Waals surface area contributed by atoms with Crippen LogP contribution in [-0.4, -0.2) is 50.4 Å². The molecule has 1 aromatic carbocycles. The van der Waals surface area contributed by atoms with Gasteiger partial charge in [-0.2, -0.15) is 0 Å². The SMILES string of the molecule is Cc1c(C)c(C)c(S(=O)(=O)NCCC(=O)N(C)CCCC(=O)O)c(C)c1C. The molecule has 0 fully saturated rings. The van der Waals surface area contributed by atoms with Crippen LogP contribution in [0, 0.1) is 34.6 Å². The summed E-state index contributed by atoms with van der Waals surface area (Å²) < 4.78 is 28.1. The number of hydrogen-bond donors (Lipinski definition) is 2. The van der Waals surface area contributed by atoms with Crippen molar-refractivity contribution in [3.05, 3.63) is 27.8 Å². The van der Waals surface area contributed by atoms with Crippen LogP contribution in [0.3, 0.4) is 0 Å². The van der Waals surface area contributed by atoms with Crippen molar-refractivity contribution in [2.75, 3.05) is 20.1 Å². The molecular weight excluding hydrogens is 368 g/mol. The third-order valence-corrected chi connectivity index (χ3v) is 6.87. The average molecular weight is 399 g/mol. The Balaban J connectivity index is 2.78. The number of benzene rings is 1. The van der Waals surface area contributed by atoms with Gasteiger partial charge in [0.2, 0.25) is 15.9 Å². The molecule has 0 unspecified atom stereocenters. The normalized spacial score (nSPS) is 11.5. The Morgan fingerprint density at radius 2 is 1.41 bits per heavy atom. The molecule has 2 N–H and O–H groups in total. The molecule has 0 aliphatic heterocycles. The van der Waals surface area contributed by atoms with Gasteiger partial charge in [0.25, 0.3) is 0 Å². The van der Waals surface area contributed by atoms with Crippen molar-refractivity contribution in [2.24, 2.45) is 0 Å². The van der Waals surface area contributed by atoms with E-state index in [1.807, 2.05) is 20.8 Å². The summed E-state index contributed by atoms with van der Waals surface area (Å²) in [5.41, 5.74) is 4.43. The molecule has 27 heavy (non-hydrogen) atoms. The Morgan fingerprint density at radius 1 is 0.926 bits per heavy atom. The van der Waals surface area contributed by atoms with E-state index in [9.17, 15) is 18.0 Å². The van der Waals surface area contributed by atoms with Gasteiger partial charge >= 0.3 is 5.97 Å². The molecule has 0 heterocycles. The highest BCUT2D eigenvalue weighted by Crippen LogP contribution is 2.29. The minimum atomic E-state index is -3.73. The van der Waals surface area contributed by atoms with Gasteiger partial charge in [-0.15, -0.1) is 0 Å². The Kier molecular flexibility index (Phi) is 7.98. The zero-order valence-electron chi connectivity index (χ0n) is 17.0. The second-order valence-electron chi connectivity index (χ2n) is 6.91. The topological polar surface area (TPSA) is 104 Å². The van der Waals surface area contributed by atoms with Crippen LogP contribution in [0.25, 0.3) is 0 Å². The van der Waals surface area contributed by atoms with Crippen molar-refractivity contribution in [3.8, 4) is 0 Å². The van der Waals surface area contributed by atoms with Gasteiger partial charge in [-0.3, -0.25) is 9.59 Å². The van der Waals surface area contributed by atoms with Gasteiger partial charge < -0.3 is 10.0 Å². The molecule has 0 saturated heterocycles. The van der Waals surface area contributed by atoms with Gasteiger partial charge in [-0.05, 0) is 68.9 Å². The average Bonchev–Trinajstić information content (AvgIpc) is 2.57. The quantitative estimate of drug-likeness (QED) is 0.664. The Bertz CT molecular complexity index is 802. The molecule has 1 aromatic rings. The predicted molar refractivity (Wildman–Crippen MR) is 104 cm³/mol. The summed E-state index contributed by atoms with van der Waals surface area (Å²) in [6.45, 7) is 9.71. The first-order chi connectivity index (χ1) is 12.4. The summed E-state index contributed by atoms with van der Waals surface area (Å²) >= 11 is 0. The summed E-state index contributed by atoms with van der Waals surface area (Å²) in [6, 6.07) is 0. The minimum Gasteiger partial charge on any atom is -0.481 e. The van der Waals surface area contributed by atoms with E-state index in [1.165, 1.54) is 4.90 Å². The van der Waals surface area contributed by atoms with Crippen LogP contribution in [0.2, 0.25) is 0 Å². The van der Waals surface area contributed by atoms with Gasteiger partial charge in [0.15, 0.2) is 0 Å². The second-order valence-corrected chi connectivity index (χ2v) is 8.62. The number of nitrogens with one attached hydrogen (secondary N) is 1. The molecule has 152 valence electrons. The maximum atomic E-state index is 12.8. The van der Waals surface area contributed by atoms with Crippen LogP contribution in [0.15, 0.2) is 4.90 Å². The summed E-state index contributed by atoms with van der Waals surface area (Å²) in [7, 11) is -2.15. The Labute approximate surface area is 161 Å². The van der Waals surface area contributed by atoms with Gasteiger partial charge in [0.05, 0.1) is 4.90 Å². The highest BCUT2D eigenvalue weighted by molar-refractivity contribution is 7.89. The van der Waals surface area contributed by atoms with Gasteiger partial charge in [0, 0.05) is 33.0 Å². The maximum absolute atomic E-state index is 12.8. The molecule has 0 radical (unpaired) electrons. The lowest BCUT2D eigenvalue weighted by molar-refractivity contribution is -0.138. The van der Waals surface area contributed by atoms with Crippen molar-refractivity contribution in [3.63, 3.8) is 0 Å². The molecule has 0 saturated carbocycles. The molecule has 8 heteroatoms. The predicted octanol–water partition coefficient (Wildman–Crippen LogP) is 2.22. The smallest absolute Gasteiger partial charge is 0.303 e. The summed E-state index contributed by atoms with van der Waals surface area (Å²) in [6.07, 6.45) is 0.378. The largest absolute Gasteiger partial charge is 0.481 e. The molecule has 0 aliphatic rings. The molecule has 0 atom stereocenters. The number of nitrogens with zero attached hydrogens (tertiary/aromatic N) is 1. The number of carboxylic acid groups (broad SMARTS) is 1. The third-order valence-electron chi connectivity index (χ3n) is 5.14. The maximum Gasteiger partial charge on any atom is 0.303 e. The summed E-state index contributed by atoms with van der Waals surface area (Å²) in [5, 5.41) is 8.62. The zero-order valence-corrected chi connectivity index (χ0v) is 17.8. The van der Waals surface area contributed by atoms with E-state index < -0.39 is 16.0 Å². The summed E-state index contributed by atoms with van der Waals surface area (Å²) in [4.78, 5) is 24.3. The monoisotopic (exact) mass is 398 g/mol. The number of amides is 1. The Hall–Kier alpha value is -1.93. The number of hydrogen-bond acceptors (Lipinski definition) is 4. The summed E-state index contributed by atoms with van der Waals surface area (Å²) in [5.74, 6) is -1.13. The van der Waals surface area contributed by atoms with E-state index in [2.05, 4.69) is 4.72 Å². The van der Waals surface area contributed by atoms with Crippen LogP contribution in [0.4, 0.5) is 0 Å². The number of carbonyl (C=O) groups excluding carboxylic acids is 1. The molecule has 1 rings (SSSR count). The third kappa shape index (κ3) is 5.77. The molecule has 7 nitrogen and oxygen atoms in total. The van der Waals surface area contributed by atoms with E-state index >= 15 is 0 Å². The zero-order chi connectivity index (χ0) is 20.9. The van der Waals surface area contributed by atoms with Crippen LogP contribution < -0.4 is 4.72 Å². The van der Waals surface area contributed by atoms with E-state index in [0.29, 0.717) is 13.0 Å². The lowest BCUT2D eigenvalue weighted by Crippen LogP contribution is -2.33. The second kappa shape index (κ2) is 9.32. The molecule has 0 bridgehead atoms. The van der Waals surface area contributed by atoms with Crippen molar-refractivity contribution in [1.29, 1.82) is 0 Å². The molecule has 1 amide bonds. The van der Waals surface area contributed by atoms with Crippen LogP contribution in [0.5, 0.6) is 0 Å². The number of rotatable bonds is 9. The minimum absolute atomic E-state index is 0.00467. The molecule has 0 aliphatic carbocycles.